The molecule has 0 aromatic heterocycles. The smallest absolute Gasteiger partial charge is 0.348 e. The summed E-state index contributed by atoms with van der Waals surface area (Å²) < 4.78 is 60.1. The van der Waals surface area contributed by atoms with Crippen LogP contribution in [0.25, 0.3) is 0 Å². The van der Waals surface area contributed by atoms with Crippen LogP contribution in [-0.4, -0.2) is 31.9 Å². The first-order valence-corrected chi connectivity index (χ1v) is 7.68. The van der Waals surface area contributed by atoms with Crippen molar-refractivity contribution in [3.8, 4) is 0 Å². The Balaban J connectivity index is 2.10. The fraction of sp³-hybridized carbons (Fsp3) is 0.417. The Morgan fingerprint density at radius 2 is 2.00 bits per heavy atom. The van der Waals surface area contributed by atoms with E-state index in [0.717, 1.165) is 18.2 Å². The van der Waals surface area contributed by atoms with E-state index in [2.05, 4.69) is 5.32 Å². The monoisotopic (exact) mass is 307 g/mol. The Bertz CT molecular complexity index is 625. The second-order valence-corrected chi connectivity index (χ2v) is 6.88. The number of sulfone groups is 1. The number of benzene rings is 1. The van der Waals surface area contributed by atoms with Crippen LogP contribution in [-0.2, 0) is 16.0 Å². The molecular weight excluding hydrogens is 295 g/mol. The standard InChI is InChI=1S/C12H12F3NO3S/c13-12(14,15)9-3-1-2-8(6-9)11(17)16-10-4-5-20(18,19)7-10/h1-3,6,10H,4-5,7H2,(H,16,17). The van der Waals surface area contributed by atoms with Gasteiger partial charge in [0, 0.05) is 11.6 Å². The summed E-state index contributed by atoms with van der Waals surface area (Å²) in [7, 11) is -3.15. The zero-order valence-corrected chi connectivity index (χ0v) is 11.1. The maximum atomic E-state index is 12.5. The van der Waals surface area contributed by atoms with Crippen molar-refractivity contribution in [2.45, 2.75) is 18.6 Å². The van der Waals surface area contributed by atoms with Gasteiger partial charge in [0.05, 0.1) is 17.1 Å². The van der Waals surface area contributed by atoms with E-state index < -0.39 is 33.5 Å². The lowest BCUT2D eigenvalue weighted by molar-refractivity contribution is -0.137. The quantitative estimate of drug-likeness (QED) is 0.903. The SMILES string of the molecule is O=C(NC1CCS(=O)(=O)C1)c1cccc(C(F)(F)F)c1. The minimum atomic E-state index is -4.52. The van der Waals surface area contributed by atoms with E-state index >= 15 is 0 Å². The van der Waals surface area contributed by atoms with Gasteiger partial charge in [-0.25, -0.2) is 8.42 Å². The summed E-state index contributed by atoms with van der Waals surface area (Å²) in [6, 6.07) is 3.48. The molecular formula is C12H12F3NO3S. The van der Waals surface area contributed by atoms with Gasteiger partial charge in [-0.1, -0.05) is 6.07 Å². The van der Waals surface area contributed by atoms with Crippen molar-refractivity contribution in [1.29, 1.82) is 0 Å². The summed E-state index contributed by atoms with van der Waals surface area (Å²) in [5, 5.41) is 2.44. The first kappa shape index (κ1) is 14.8. The summed E-state index contributed by atoms with van der Waals surface area (Å²) in [6.07, 6.45) is -4.24. The van der Waals surface area contributed by atoms with E-state index in [9.17, 15) is 26.4 Å². The topological polar surface area (TPSA) is 63.2 Å². The van der Waals surface area contributed by atoms with Gasteiger partial charge < -0.3 is 5.32 Å². The van der Waals surface area contributed by atoms with Gasteiger partial charge in [0.15, 0.2) is 9.84 Å². The summed E-state index contributed by atoms with van der Waals surface area (Å²) >= 11 is 0. The van der Waals surface area contributed by atoms with Gasteiger partial charge in [-0.3, -0.25) is 4.79 Å². The molecule has 110 valence electrons. The highest BCUT2D eigenvalue weighted by Crippen LogP contribution is 2.29. The highest BCUT2D eigenvalue weighted by atomic mass is 32.2. The average molecular weight is 307 g/mol. The van der Waals surface area contributed by atoms with Gasteiger partial charge in [0.25, 0.3) is 5.91 Å². The third-order valence-electron chi connectivity index (χ3n) is 3.02. The number of hydrogen-bond acceptors (Lipinski definition) is 3. The number of halogens is 3. The molecule has 1 aromatic rings. The van der Waals surface area contributed by atoms with Crippen LogP contribution in [0.4, 0.5) is 13.2 Å². The van der Waals surface area contributed by atoms with E-state index in [4.69, 9.17) is 0 Å². The van der Waals surface area contributed by atoms with Crippen molar-refractivity contribution in [2.75, 3.05) is 11.5 Å². The van der Waals surface area contributed by atoms with Gasteiger partial charge in [0.2, 0.25) is 0 Å². The molecule has 0 saturated carbocycles. The molecule has 1 heterocycles. The van der Waals surface area contributed by atoms with Crippen LogP contribution in [0.5, 0.6) is 0 Å². The molecule has 1 aliphatic rings. The Hall–Kier alpha value is -1.57. The van der Waals surface area contributed by atoms with E-state index in [-0.39, 0.29) is 23.5 Å². The Labute approximate surface area is 113 Å². The zero-order valence-electron chi connectivity index (χ0n) is 10.3. The van der Waals surface area contributed by atoms with E-state index in [1.807, 2.05) is 0 Å². The predicted molar refractivity (Wildman–Crippen MR) is 66.0 cm³/mol. The molecule has 2 rings (SSSR count). The van der Waals surface area contributed by atoms with Crippen molar-refractivity contribution in [3.05, 3.63) is 35.4 Å². The number of nitrogens with one attached hydrogen (secondary N) is 1. The van der Waals surface area contributed by atoms with Gasteiger partial charge in [-0.05, 0) is 24.6 Å². The van der Waals surface area contributed by atoms with E-state index in [1.54, 1.807) is 0 Å². The van der Waals surface area contributed by atoms with Gasteiger partial charge in [-0.2, -0.15) is 13.2 Å². The lowest BCUT2D eigenvalue weighted by atomic mass is 10.1. The Kier molecular flexibility index (Phi) is 3.77. The number of rotatable bonds is 2. The van der Waals surface area contributed by atoms with Crippen molar-refractivity contribution in [2.24, 2.45) is 0 Å². The van der Waals surface area contributed by atoms with Crippen LogP contribution in [0.1, 0.15) is 22.3 Å². The van der Waals surface area contributed by atoms with Crippen molar-refractivity contribution < 1.29 is 26.4 Å². The molecule has 0 radical (unpaired) electrons. The minimum Gasteiger partial charge on any atom is -0.348 e. The summed E-state index contributed by atoms with van der Waals surface area (Å²) in [4.78, 5) is 11.8. The Morgan fingerprint density at radius 3 is 2.55 bits per heavy atom. The molecule has 4 nitrogen and oxygen atoms in total. The molecule has 1 aliphatic heterocycles. The summed E-state index contributed by atoms with van der Waals surface area (Å²) in [5.41, 5.74) is -1.05. The molecule has 20 heavy (non-hydrogen) atoms. The molecule has 1 N–H and O–H groups in total. The molecule has 1 saturated heterocycles. The molecule has 1 fully saturated rings. The van der Waals surface area contributed by atoms with Gasteiger partial charge in [0.1, 0.15) is 0 Å². The second-order valence-electron chi connectivity index (χ2n) is 4.65. The highest BCUT2D eigenvalue weighted by Gasteiger charge is 2.32. The number of carbonyl (C=O) groups is 1. The second kappa shape index (κ2) is 5.08. The van der Waals surface area contributed by atoms with Crippen LogP contribution in [0.2, 0.25) is 0 Å². The molecule has 1 aromatic carbocycles. The summed E-state index contributed by atoms with van der Waals surface area (Å²) in [6.45, 7) is 0. The predicted octanol–water partition coefficient (Wildman–Crippen LogP) is 1.62. The molecule has 0 aliphatic carbocycles. The van der Waals surface area contributed by atoms with E-state index in [0.29, 0.717) is 0 Å². The molecule has 0 spiro atoms. The Morgan fingerprint density at radius 1 is 1.30 bits per heavy atom. The average Bonchev–Trinajstić information content (AvgIpc) is 2.68. The van der Waals surface area contributed by atoms with Crippen molar-refractivity contribution in [1.82, 2.24) is 5.32 Å². The minimum absolute atomic E-state index is 0.0134. The highest BCUT2D eigenvalue weighted by molar-refractivity contribution is 7.91. The molecule has 0 bridgehead atoms. The molecule has 8 heteroatoms. The fourth-order valence-electron chi connectivity index (χ4n) is 2.01. The number of carbonyl (C=O) groups excluding carboxylic acids is 1. The third kappa shape index (κ3) is 3.50. The first-order chi connectivity index (χ1) is 9.17. The third-order valence-corrected chi connectivity index (χ3v) is 4.79. The van der Waals surface area contributed by atoms with Crippen LogP contribution >= 0.6 is 0 Å². The van der Waals surface area contributed by atoms with Gasteiger partial charge >= 0.3 is 6.18 Å². The van der Waals surface area contributed by atoms with Crippen LogP contribution in [0.15, 0.2) is 24.3 Å². The van der Waals surface area contributed by atoms with Crippen molar-refractivity contribution >= 4 is 15.7 Å². The largest absolute Gasteiger partial charge is 0.416 e. The zero-order chi connectivity index (χ0) is 15.0. The van der Waals surface area contributed by atoms with Crippen molar-refractivity contribution in [3.63, 3.8) is 0 Å². The number of hydrogen-bond donors (Lipinski definition) is 1. The fourth-order valence-corrected chi connectivity index (χ4v) is 3.69. The number of amides is 1. The lowest BCUT2D eigenvalue weighted by Gasteiger charge is -2.12. The normalized spacial score (nSPS) is 21.6. The molecule has 1 atom stereocenters. The summed E-state index contributed by atoms with van der Waals surface area (Å²) in [5.74, 6) is -0.878. The van der Waals surface area contributed by atoms with Crippen LogP contribution in [0.3, 0.4) is 0 Å². The maximum absolute atomic E-state index is 12.5. The number of alkyl halides is 3. The lowest BCUT2D eigenvalue weighted by Crippen LogP contribution is -2.35. The maximum Gasteiger partial charge on any atom is 0.416 e. The van der Waals surface area contributed by atoms with Gasteiger partial charge in [-0.15, -0.1) is 0 Å². The van der Waals surface area contributed by atoms with E-state index in [1.165, 1.54) is 6.07 Å². The molecule has 1 unspecified atom stereocenters. The van der Waals surface area contributed by atoms with Crippen LogP contribution < -0.4 is 5.32 Å². The first-order valence-electron chi connectivity index (χ1n) is 5.86. The van der Waals surface area contributed by atoms with Crippen LogP contribution in [0, 0.1) is 0 Å². The molecule has 1 amide bonds.